The Bertz CT molecular complexity index is 361. The van der Waals surface area contributed by atoms with Crippen molar-refractivity contribution in [3.8, 4) is 6.07 Å². The third-order valence-corrected chi connectivity index (χ3v) is 2.47. The predicted molar refractivity (Wildman–Crippen MR) is 49.1 cm³/mol. The molecule has 2 nitrogen and oxygen atoms in total. The Morgan fingerprint density at radius 3 is 2.77 bits per heavy atom. The van der Waals surface area contributed by atoms with Crippen LogP contribution in [0.3, 0.4) is 0 Å². The second-order valence-electron chi connectivity index (χ2n) is 3.42. The first-order valence-electron chi connectivity index (χ1n) is 4.49. The molecule has 0 spiro atoms. The van der Waals surface area contributed by atoms with Crippen molar-refractivity contribution in [1.82, 2.24) is 0 Å². The molecule has 1 saturated carbocycles. The molecule has 0 heterocycles. The quantitative estimate of drug-likeness (QED) is 0.742. The minimum Gasteiger partial charge on any atom is -0.392 e. The highest BCUT2D eigenvalue weighted by Crippen LogP contribution is 2.43. The predicted octanol–water partition coefficient (Wildman–Crippen LogP) is 1.93. The number of hydrogen-bond acceptors (Lipinski definition) is 2. The third kappa shape index (κ3) is 1.43. The lowest BCUT2D eigenvalue weighted by Gasteiger charge is -2.07. The fourth-order valence-electron chi connectivity index (χ4n) is 1.70. The van der Waals surface area contributed by atoms with Crippen molar-refractivity contribution in [1.29, 1.82) is 5.26 Å². The van der Waals surface area contributed by atoms with Crippen LogP contribution in [0.4, 0.5) is 0 Å². The van der Waals surface area contributed by atoms with E-state index in [-0.39, 0.29) is 6.61 Å². The summed E-state index contributed by atoms with van der Waals surface area (Å²) in [6.45, 7) is 0.0430. The highest BCUT2D eigenvalue weighted by atomic mass is 16.3. The summed E-state index contributed by atoms with van der Waals surface area (Å²) in [6, 6.07) is 7.73. The van der Waals surface area contributed by atoms with Gasteiger partial charge in [-0.25, -0.2) is 0 Å². The van der Waals surface area contributed by atoms with Crippen LogP contribution in [0, 0.1) is 11.3 Å². The molecule has 1 N–H and O–H groups in total. The minimum absolute atomic E-state index is 0.0430. The third-order valence-electron chi connectivity index (χ3n) is 2.47. The van der Waals surface area contributed by atoms with Crippen LogP contribution in [-0.4, -0.2) is 5.11 Å². The van der Waals surface area contributed by atoms with Gasteiger partial charge >= 0.3 is 0 Å². The van der Waals surface area contributed by atoms with Crippen molar-refractivity contribution >= 4 is 0 Å². The summed E-state index contributed by atoms with van der Waals surface area (Å²) in [5, 5.41) is 18.0. The van der Waals surface area contributed by atoms with E-state index < -0.39 is 0 Å². The first kappa shape index (κ1) is 8.28. The van der Waals surface area contributed by atoms with E-state index in [4.69, 9.17) is 10.4 Å². The molecule has 2 rings (SSSR count). The molecule has 0 amide bonds. The summed E-state index contributed by atoms with van der Waals surface area (Å²) < 4.78 is 0. The topological polar surface area (TPSA) is 44.0 Å². The number of aliphatic hydroxyl groups is 1. The van der Waals surface area contributed by atoms with Crippen LogP contribution in [-0.2, 0) is 6.61 Å². The average molecular weight is 173 g/mol. The van der Waals surface area contributed by atoms with Gasteiger partial charge in [0.15, 0.2) is 0 Å². The van der Waals surface area contributed by atoms with E-state index >= 15 is 0 Å². The highest BCUT2D eigenvalue weighted by molar-refractivity contribution is 5.46. The molecular weight excluding hydrogens is 162 g/mol. The zero-order valence-electron chi connectivity index (χ0n) is 7.33. The maximum atomic E-state index is 9.11. The van der Waals surface area contributed by atoms with Crippen molar-refractivity contribution in [3.63, 3.8) is 0 Å². The molecule has 2 heteroatoms. The van der Waals surface area contributed by atoms with Crippen LogP contribution < -0.4 is 0 Å². The average Bonchev–Trinajstić information content (AvgIpc) is 3.00. The van der Waals surface area contributed by atoms with E-state index in [1.165, 1.54) is 0 Å². The highest BCUT2D eigenvalue weighted by Gasteiger charge is 2.28. The zero-order valence-corrected chi connectivity index (χ0v) is 7.33. The van der Waals surface area contributed by atoms with Gasteiger partial charge in [0.25, 0.3) is 0 Å². The molecule has 1 aromatic carbocycles. The van der Waals surface area contributed by atoms with Gasteiger partial charge in [-0.2, -0.15) is 5.26 Å². The smallest absolute Gasteiger partial charge is 0.0994 e. The molecule has 1 fully saturated rings. The molecule has 0 saturated heterocycles. The fourth-order valence-corrected chi connectivity index (χ4v) is 1.70. The molecule has 1 aliphatic carbocycles. The molecule has 0 bridgehead atoms. The van der Waals surface area contributed by atoms with Crippen molar-refractivity contribution in [3.05, 3.63) is 34.9 Å². The summed E-state index contributed by atoms with van der Waals surface area (Å²) in [5.41, 5.74) is 2.73. The molecule has 66 valence electrons. The first-order chi connectivity index (χ1) is 6.36. The lowest BCUT2D eigenvalue weighted by Crippen LogP contribution is -1.95. The van der Waals surface area contributed by atoms with Gasteiger partial charge in [-0.1, -0.05) is 12.1 Å². The van der Waals surface area contributed by atoms with E-state index in [1.54, 1.807) is 0 Å². The number of hydrogen-bond donors (Lipinski definition) is 1. The van der Waals surface area contributed by atoms with Crippen molar-refractivity contribution < 1.29 is 5.11 Å². The Balaban J connectivity index is 2.52. The summed E-state index contributed by atoms with van der Waals surface area (Å²) in [6.07, 6.45) is 2.32. The Kier molecular flexibility index (Phi) is 2.03. The van der Waals surface area contributed by atoms with Gasteiger partial charge in [0.1, 0.15) is 0 Å². The van der Waals surface area contributed by atoms with Crippen LogP contribution >= 0.6 is 0 Å². The molecule has 1 aromatic rings. The van der Waals surface area contributed by atoms with E-state index in [2.05, 4.69) is 6.07 Å². The number of nitrogens with zero attached hydrogens (tertiary/aromatic N) is 1. The van der Waals surface area contributed by atoms with Crippen LogP contribution in [0.5, 0.6) is 0 Å². The van der Waals surface area contributed by atoms with Gasteiger partial charge in [0, 0.05) is 0 Å². The number of aliphatic hydroxyl groups excluding tert-OH is 1. The molecule has 0 atom stereocenters. The standard InChI is InChI=1S/C11H11NO/c12-6-9-2-1-3-10(7-13)11(9)8-4-5-8/h1-3,8,13H,4-5,7H2. The number of benzene rings is 1. The minimum atomic E-state index is 0.0430. The second-order valence-corrected chi connectivity index (χ2v) is 3.42. The summed E-state index contributed by atoms with van der Waals surface area (Å²) >= 11 is 0. The molecule has 1 aliphatic rings. The Morgan fingerprint density at radius 1 is 1.46 bits per heavy atom. The lowest BCUT2D eigenvalue weighted by atomic mass is 9.98. The Morgan fingerprint density at radius 2 is 2.23 bits per heavy atom. The number of rotatable bonds is 2. The molecular formula is C11H11NO. The monoisotopic (exact) mass is 173 g/mol. The maximum absolute atomic E-state index is 9.11. The van der Waals surface area contributed by atoms with Crippen LogP contribution in [0.15, 0.2) is 18.2 Å². The SMILES string of the molecule is N#Cc1cccc(CO)c1C1CC1. The summed E-state index contributed by atoms with van der Waals surface area (Å²) in [4.78, 5) is 0. The normalized spacial score (nSPS) is 15.4. The molecule has 0 aromatic heterocycles. The van der Waals surface area contributed by atoms with Crippen molar-refractivity contribution in [2.45, 2.75) is 25.4 Å². The second kappa shape index (κ2) is 3.20. The van der Waals surface area contributed by atoms with Crippen LogP contribution in [0.2, 0.25) is 0 Å². The van der Waals surface area contributed by atoms with Crippen molar-refractivity contribution in [2.75, 3.05) is 0 Å². The van der Waals surface area contributed by atoms with Crippen molar-refractivity contribution in [2.24, 2.45) is 0 Å². The largest absolute Gasteiger partial charge is 0.392 e. The Labute approximate surface area is 77.4 Å². The van der Waals surface area contributed by atoms with Gasteiger partial charge < -0.3 is 5.11 Å². The molecule has 0 radical (unpaired) electrons. The fraction of sp³-hybridized carbons (Fsp3) is 0.364. The van der Waals surface area contributed by atoms with Gasteiger partial charge in [-0.3, -0.25) is 0 Å². The summed E-state index contributed by atoms with van der Waals surface area (Å²) in [7, 11) is 0. The van der Waals surface area contributed by atoms with E-state index in [1.807, 2.05) is 18.2 Å². The van der Waals surface area contributed by atoms with Gasteiger partial charge in [-0.05, 0) is 36.0 Å². The molecule has 0 aliphatic heterocycles. The van der Waals surface area contributed by atoms with Crippen LogP contribution in [0.1, 0.15) is 35.4 Å². The molecule has 0 unspecified atom stereocenters. The van der Waals surface area contributed by atoms with E-state index in [0.29, 0.717) is 5.92 Å². The summed E-state index contributed by atoms with van der Waals surface area (Å²) in [5.74, 6) is 0.526. The number of nitriles is 1. The lowest BCUT2D eigenvalue weighted by molar-refractivity contribution is 0.280. The maximum Gasteiger partial charge on any atom is 0.0994 e. The van der Waals surface area contributed by atoms with E-state index in [0.717, 1.165) is 29.5 Å². The van der Waals surface area contributed by atoms with Gasteiger partial charge in [0.05, 0.1) is 18.2 Å². The van der Waals surface area contributed by atoms with Gasteiger partial charge in [0.2, 0.25) is 0 Å². The van der Waals surface area contributed by atoms with Gasteiger partial charge in [-0.15, -0.1) is 0 Å². The first-order valence-corrected chi connectivity index (χ1v) is 4.49. The zero-order chi connectivity index (χ0) is 9.26. The van der Waals surface area contributed by atoms with Crippen LogP contribution in [0.25, 0.3) is 0 Å². The molecule has 13 heavy (non-hydrogen) atoms. The Hall–Kier alpha value is -1.33. The van der Waals surface area contributed by atoms with E-state index in [9.17, 15) is 0 Å².